The number of carbonyl (C=O) groups is 1. The van der Waals surface area contributed by atoms with Crippen LogP contribution in [-0.4, -0.2) is 41.4 Å². The second-order valence-corrected chi connectivity index (χ2v) is 9.83. The van der Waals surface area contributed by atoms with E-state index in [4.69, 9.17) is 4.74 Å². The number of nitrogens with zero attached hydrogens (tertiary/aromatic N) is 4. The van der Waals surface area contributed by atoms with Crippen LogP contribution >= 0.6 is 11.3 Å². The second-order valence-electron chi connectivity index (χ2n) is 7.19. The lowest BCUT2D eigenvalue weighted by Gasteiger charge is -2.27. The van der Waals surface area contributed by atoms with Crippen molar-refractivity contribution in [3.8, 4) is 5.75 Å². The highest BCUT2D eigenvalue weighted by Crippen LogP contribution is 2.37. The van der Waals surface area contributed by atoms with Crippen molar-refractivity contribution in [3.63, 3.8) is 0 Å². The molecule has 0 bridgehead atoms. The van der Waals surface area contributed by atoms with E-state index < -0.39 is 15.9 Å². The first-order chi connectivity index (χ1) is 15.8. The Balaban J connectivity index is 2.03. The van der Waals surface area contributed by atoms with Crippen LogP contribution < -0.4 is 14.5 Å². The van der Waals surface area contributed by atoms with Crippen LogP contribution in [0.3, 0.4) is 0 Å². The maximum absolute atomic E-state index is 13.9. The van der Waals surface area contributed by atoms with Crippen molar-refractivity contribution >= 4 is 44.0 Å². The Kier molecular flexibility index (Phi) is 6.06. The predicted octanol–water partition coefficient (Wildman–Crippen LogP) is 2.86. The highest BCUT2D eigenvalue weighted by molar-refractivity contribution is 7.92. The van der Waals surface area contributed by atoms with Crippen LogP contribution in [0.15, 0.2) is 52.2 Å². The summed E-state index contributed by atoms with van der Waals surface area (Å²) in [6, 6.07) is 7.79. The molecular weight excluding hydrogens is 466 g/mol. The average molecular weight is 488 g/mol. The third-order valence-corrected chi connectivity index (χ3v) is 7.64. The number of hydrogen-bond acceptors (Lipinski definition) is 8. The maximum atomic E-state index is 13.9. The predicted molar refractivity (Wildman–Crippen MR) is 123 cm³/mol. The zero-order valence-electron chi connectivity index (χ0n) is 18.0. The van der Waals surface area contributed by atoms with Crippen LogP contribution in [0.5, 0.6) is 5.75 Å². The first-order valence-corrected chi connectivity index (χ1v) is 12.1. The van der Waals surface area contributed by atoms with Crippen molar-refractivity contribution in [2.24, 2.45) is 7.05 Å². The molecule has 12 heteroatoms. The molecule has 3 heterocycles. The molecule has 2 N–H and O–H groups in total. The number of carbonyl (C=O) groups excluding carboxylic acids is 1. The summed E-state index contributed by atoms with van der Waals surface area (Å²) in [5.41, 5.74) is 3.19. The number of aryl methyl sites for hydroxylation is 2. The number of ether oxygens (including phenoxy) is 1. The number of methoxy groups -OCH3 is 1. The number of hydroxylamine groups is 1. The molecule has 0 fully saturated rings. The van der Waals surface area contributed by atoms with Crippen molar-refractivity contribution in [1.82, 2.24) is 20.2 Å². The van der Waals surface area contributed by atoms with E-state index in [2.05, 4.69) is 10.1 Å². The number of sulfonamides is 1. The summed E-state index contributed by atoms with van der Waals surface area (Å²) in [6.07, 6.45) is 1.23. The number of pyridine rings is 1. The molecule has 0 spiro atoms. The van der Waals surface area contributed by atoms with Gasteiger partial charge in [0.05, 0.1) is 40.9 Å². The Bertz CT molecular complexity index is 1410. The van der Waals surface area contributed by atoms with Gasteiger partial charge in [0.2, 0.25) is 0 Å². The molecule has 4 rings (SSSR count). The minimum Gasteiger partial charge on any atom is -0.497 e. The zero-order chi connectivity index (χ0) is 23.8. The molecule has 0 saturated carbocycles. The van der Waals surface area contributed by atoms with Crippen LogP contribution in [0.4, 0.5) is 5.69 Å². The summed E-state index contributed by atoms with van der Waals surface area (Å²) >= 11 is 1.43. The van der Waals surface area contributed by atoms with Gasteiger partial charge in [-0.3, -0.25) is 19.0 Å². The van der Waals surface area contributed by atoms with E-state index in [1.54, 1.807) is 31.6 Å². The van der Waals surface area contributed by atoms with Crippen LogP contribution in [-0.2, 0) is 23.6 Å². The summed E-state index contributed by atoms with van der Waals surface area (Å²) in [4.78, 5) is 16.9. The molecule has 0 atom stereocenters. The lowest BCUT2D eigenvalue weighted by molar-refractivity contribution is 0.0707. The molecule has 0 saturated heterocycles. The van der Waals surface area contributed by atoms with E-state index in [0.717, 1.165) is 9.87 Å². The van der Waals surface area contributed by atoms with E-state index in [-0.39, 0.29) is 22.7 Å². The van der Waals surface area contributed by atoms with E-state index in [9.17, 15) is 18.4 Å². The summed E-state index contributed by atoms with van der Waals surface area (Å²) in [5.74, 6) is -0.379. The van der Waals surface area contributed by atoms with Gasteiger partial charge in [0.25, 0.3) is 15.9 Å². The fourth-order valence-electron chi connectivity index (χ4n) is 3.59. The second kappa shape index (κ2) is 8.81. The SMILES string of the molecule is COc1ccc(S(=O)(=O)N(Cc2ccsc2)c2c(C(=O)NO)cnc3c2c(C)nn3C)cc1. The van der Waals surface area contributed by atoms with Gasteiger partial charge in [0.15, 0.2) is 5.65 Å². The molecule has 1 aromatic carbocycles. The summed E-state index contributed by atoms with van der Waals surface area (Å²) < 4.78 is 35.7. The van der Waals surface area contributed by atoms with E-state index in [1.807, 2.05) is 16.8 Å². The van der Waals surface area contributed by atoms with Crippen molar-refractivity contribution in [2.75, 3.05) is 11.4 Å². The van der Waals surface area contributed by atoms with Crippen LogP contribution in [0.2, 0.25) is 0 Å². The van der Waals surface area contributed by atoms with Gasteiger partial charge < -0.3 is 4.74 Å². The van der Waals surface area contributed by atoms with Crippen molar-refractivity contribution in [2.45, 2.75) is 18.4 Å². The molecule has 0 unspecified atom stereocenters. The van der Waals surface area contributed by atoms with Crippen molar-refractivity contribution in [3.05, 3.63) is 64.1 Å². The maximum Gasteiger partial charge on any atom is 0.278 e. The molecule has 33 heavy (non-hydrogen) atoms. The molecule has 172 valence electrons. The molecule has 0 aliphatic heterocycles. The number of benzene rings is 1. The van der Waals surface area contributed by atoms with E-state index >= 15 is 0 Å². The fourth-order valence-corrected chi connectivity index (χ4v) is 5.73. The van der Waals surface area contributed by atoms with Gasteiger partial charge in [-0.25, -0.2) is 18.9 Å². The van der Waals surface area contributed by atoms with Crippen LogP contribution in [0.25, 0.3) is 11.0 Å². The number of nitrogens with one attached hydrogen (secondary N) is 1. The fraction of sp³-hybridized carbons (Fsp3) is 0.190. The Morgan fingerprint density at radius 1 is 1.27 bits per heavy atom. The highest BCUT2D eigenvalue weighted by atomic mass is 32.2. The molecule has 0 aliphatic carbocycles. The number of aromatic nitrogens is 3. The Labute approximate surface area is 194 Å². The van der Waals surface area contributed by atoms with E-state index in [1.165, 1.54) is 41.5 Å². The number of thiophene rings is 1. The topological polar surface area (TPSA) is 127 Å². The lowest BCUT2D eigenvalue weighted by atomic mass is 10.1. The monoisotopic (exact) mass is 487 g/mol. The molecule has 0 aliphatic rings. The first kappa shape index (κ1) is 22.7. The molecule has 1 amide bonds. The first-order valence-electron chi connectivity index (χ1n) is 9.72. The number of hydrogen-bond donors (Lipinski definition) is 2. The quantitative estimate of drug-likeness (QED) is 0.303. The number of anilines is 1. The lowest BCUT2D eigenvalue weighted by Crippen LogP contribution is -2.33. The van der Waals surface area contributed by atoms with Gasteiger partial charge in [-0.2, -0.15) is 16.4 Å². The number of amides is 1. The minimum absolute atomic E-state index is 0.0143. The van der Waals surface area contributed by atoms with Gasteiger partial charge in [-0.05, 0) is 53.6 Å². The van der Waals surface area contributed by atoms with Gasteiger partial charge in [-0.1, -0.05) is 0 Å². The van der Waals surface area contributed by atoms with Crippen LogP contribution in [0.1, 0.15) is 21.6 Å². The third-order valence-electron chi connectivity index (χ3n) is 5.15. The van der Waals surface area contributed by atoms with Crippen molar-refractivity contribution in [1.29, 1.82) is 0 Å². The van der Waals surface area contributed by atoms with E-state index in [0.29, 0.717) is 22.5 Å². The zero-order valence-corrected chi connectivity index (χ0v) is 19.6. The van der Waals surface area contributed by atoms with Gasteiger partial charge in [0, 0.05) is 13.2 Å². The van der Waals surface area contributed by atoms with Gasteiger partial charge in [0.1, 0.15) is 5.75 Å². The molecule has 0 radical (unpaired) electrons. The molecular formula is C21H21N5O5S2. The number of rotatable bonds is 7. The largest absolute Gasteiger partial charge is 0.497 e. The molecule has 3 aromatic heterocycles. The summed E-state index contributed by atoms with van der Waals surface area (Å²) in [7, 11) is -0.992. The normalized spacial score (nSPS) is 11.5. The average Bonchev–Trinajstić information content (AvgIpc) is 3.44. The Morgan fingerprint density at radius 3 is 2.61 bits per heavy atom. The summed E-state index contributed by atoms with van der Waals surface area (Å²) in [6.45, 7) is 1.66. The Hall–Kier alpha value is -3.48. The van der Waals surface area contributed by atoms with Crippen LogP contribution in [0, 0.1) is 6.92 Å². The standard InChI is InChI=1S/C21H21N5O5S2/c1-13-18-19(17(21(27)24-28)10-22-20(18)25(2)23-13)26(11-14-8-9-32-12-14)33(29,30)16-6-4-15(31-3)5-7-16/h4-10,12,28H,11H2,1-3H3,(H,24,27). The van der Waals surface area contributed by atoms with Crippen molar-refractivity contribution < 1.29 is 23.2 Å². The number of fused-ring (bicyclic) bond motifs is 1. The Morgan fingerprint density at radius 2 is 2.00 bits per heavy atom. The summed E-state index contributed by atoms with van der Waals surface area (Å²) in [5, 5.41) is 17.8. The van der Waals surface area contributed by atoms with Gasteiger partial charge in [-0.15, -0.1) is 0 Å². The van der Waals surface area contributed by atoms with Gasteiger partial charge >= 0.3 is 0 Å². The molecule has 10 nitrogen and oxygen atoms in total. The highest BCUT2D eigenvalue weighted by Gasteiger charge is 2.32. The smallest absolute Gasteiger partial charge is 0.278 e. The molecule has 4 aromatic rings. The third kappa shape index (κ3) is 4.03. The minimum atomic E-state index is -4.16.